The zero-order chi connectivity index (χ0) is 20.8. The monoisotopic (exact) mass is 506 g/mol. The molecule has 2 aromatic rings. The van der Waals surface area contributed by atoms with Gasteiger partial charge in [-0.2, -0.15) is 0 Å². The second kappa shape index (κ2) is 8.06. The van der Waals surface area contributed by atoms with Crippen LogP contribution in [0.4, 0.5) is 5.69 Å². The number of fused-ring (bicyclic) bond motifs is 2. The summed E-state index contributed by atoms with van der Waals surface area (Å²) in [6.07, 6.45) is -0.776. The maximum atomic E-state index is 12.8. The Morgan fingerprint density at radius 3 is 2.97 bits per heavy atom. The van der Waals surface area contributed by atoms with E-state index in [-0.39, 0.29) is 17.7 Å². The van der Waals surface area contributed by atoms with E-state index in [0.29, 0.717) is 28.2 Å². The van der Waals surface area contributed by atoms with Crippen molar-refractivity contribution < 1.29 is 33.0 Å². The molecule has 2 saturated heterocycles. The third-order valence-corrected chi connectivity index (χ3v) is 8.60. The van der Waals surface area contributed by atoms with Gasteiger partial charge in [-0.3, -0.25) is 23.2 Å². The van der Waals surface area contributed by atoms with Crippen LogP contribution in [0.5, 0.6) is 0 Å². The molecule has 4 rings (SSSR count). The molecule has 0 amide bonds. The smallest absolute Gasteiger partial charge is 0.390 e. The summed E-state index contributed by atoms with van der Waals surface area (Å²) in [5, 5.41) is 10.6. The summed E-state index contributed by atoms with van der Waals surface area (Å²) in [5.74, 6) is -1.69. The fourth-order valence-corrected chi connectivity index (χ4v) is 6.60. The molecular weight excluding hydrogens is 491 g/mol. The maximum Gasteiger partial charge on any atom is 0.390 e. The number of nitrogen functional groups attached to an aromatic ring is 1. The number of aromatic nitrogens is 3. The van der Waals surface area contributed by atoms with E-state index in [0.717, 1.165) is 0 Å². The van der Waals surface area contributed by atoms with Crippen LogP contribution in [-0.2, 0) is 27.9 Å². The number of anilines is 1. The van der Waals surface area contributed by atoms with Gasteiger partial charge in [0.15, 0.2) is 11.9 Å². The fraction of sp³-hybridized carbons (Fsp3) is 0.467. The predicted molar refractivity (Wildman–Crippen MR) is 107 cm³/mol. The number of alkyl halides is 1. The van der Waals surface area contributed by atoms with E-state index < -0.39 is 42.9 Å². The lowest BCUT2D eigenvalue weighted by Crippen LogP contribution is -2.39. The molecule has 29 heavy (non-hydrogen) atoms. The minimum absolute atomic E-state index is 0.106. The Balaban J connectivity index is 1.50. The first-order chi connectivity index (χ1) is 13.8. The minimum atomic E-state index is -3.76. The van der Waals surface area contributed by atoms with Gasteiger partial charge in [-0.25, -0.2) is 14.5 Å². The number of aliphatic hydroxyl groups excluding tert-OH is 1. The molecule has 2 fully saturated rings. The Kier molecular flexibility index (Phi) is 5.81. The number of Topliss-reactive ketones (excluding diaryl/α,β-unsaturated/α-hetero) is 2. The van der Waals surface area contributed by atoms with Crippen molar-refractivity contribution in [2.24, 2.45) is 0 Å². The Bertz CT molecular complexity index is 1020. The van der Waals surface area contributed by atoms with Crippen LogP contribution in [0.25, 0.3) is 11.2 Å². The largest absolute Gasteiger partial charge is 0.397 e. The third kappa shape index (κ3) is 3.88. The van der Waals surface area contributed by atoms with E-state index >= 15 is 0 Å². The van der Waals surface area contributed by atoms with Crippen molar-refractivity contribution in [2.45, 2.75) is 24.5 Å². The molecule has 0 aliphatic carbocycles. The first kappa shape index (κ1) is 20.9. The molecule has 11 nitrogen and oxygen atoms in total. The summed E-state index contributed by atoms with van der Waals surface area (Å²) in [7, 11) is 0. The molecule has 2 aliphatic heterocycles. The van der Waals surface area contributed by atoms with Crippen molar-refractivity contribution in [3.8, 4) is 0 Å². The zero-order valence-electron chi connectivity index (χ0n) is 14.7. The average molecular weight is 507 g/mol. The van der Waals surface area contributed by atoms with Crippen molar-refractivity contribution in [3.05, 3.63) is 18.6 Å². The van der Waals surface area contributed by atoms with Gasteiger partial charge in [0, 0.05) is 6.20 Å². The highest BCUT2D eigenvalue weighted by Crippen LogP contribution is 2.65. The number of carbonyl (C=O) groups excluding carboxylic acids is 2. The number of carbonyl (C=O) groups is 2. The Morgan fingerprint density at radius 1 is 1.41 bits per heavy atom. The predicted octanol–water partition coefficient (Wildman–Crippen LogP) is 1.06. The number of ketones is 2. The number of imidazole rings is 1. The molecule has 0 aromatic carbocycles. The van der Waals surface area contributed by atoms with Crippen molar-refractivity contribution in [1.29, 1.82) is 0 Å². The molecular formula is C15H16BrN4O7PS. The number of ether oxygens (including phenoxy) is 1. The number of halogens is 1. The minimum Gasteiger partial charge on any atom is -0.397 e. The highest BCUT2D eigenvalue weighted by molar-refractivity contribution is 9.09. The molecule has 0 spiro atoms. The average Bonchev–Trinajstić information content (AvgIpc) is 3.28. The van der Waals surface area contributed by atoms with Crippen LogP contribution in [0.2, 0.25) is 0 Å². The van der Waals surface area contributed by atoms with Gasteiger partial charge in [0.1, 0.15) is 23.8 Å². The van der Waals surface area contributed by atoms with Gasteiger partial charge in [-0.05, 0) is 17.4 Å². The van der Waals surface area contributed by atoms with E-state index in [1.165, 1.54) is 17.1 Å². The number of hydrogen-bond acceptors (Lipinski definition) is 11. The molecule has 2 aromatic heterocycles. The van der Waals surface area contributed by atoms with Crippen molar-refractivity contribution >= 4 is 62.5 Å². The van der Waals surface area contributed by atoms with Gasteiger partial charge < -0.3 is 15.6 Å². The summed E-state index contributed by atoms with van der Waals surface area (Å²) in [6, 6.07) is 1.61. The fourth-order valence-electron chi connectivity index (χ4n) is 3.06. The number of aliphatic hydroxyl groups is 1. The Morgan fingerprint density at radius 2 is 2.21 bits per heavy atom. The number of nitrogens with two attached hydrogens (primary N) is 1. The van der Waals surface area contributed by atoms with Crippen LogP contribution < -0.4 is 5.73 Å². The number of rotatable bonds is 6. The molecule has 0 saturated carbocycles. The molecule has 3 unspecified atom stereocenters. The molecule has 5 atom stereocenters. The summed E-state index contributed by atoms with van der Waals surface area (Å²) in [5.41, 5.74) is 7.20. The van der Waals surface area contributed by atoms with Gasteiger partial charge in [0.05, 0.1) is 29.7 Å². The molecule has 3 N–H and O–H groups in total. The van der Waals surface area contributed by atoms with Gasteiger partial charge in [0.25, 0.3) is 0 Å². The van der Waals surface area contributed by atoms with Crippen LogP contribution in [0.1, 0.15) is 6.23 Å². The quantitative estimate of drug-likeness (QED) is 0.328. The summed E-state index contributed by atoms with van der Waals surface area (Å²) >= 11 is 3.52. The molecule has 156 valence electrons. The van der Waals surface area contributed by atoms with Crippen LogP contribution in [-0.4, -0.2) is 67.2 Å². The SMILES string of the molecule is Nc1ccnc2c1ncn2[C@@H]1O[C@@H]2COP(=O)(SCC(=O)C(=O)CBr)OC2C1O. The van der Waals surface area contributed by atoms with E-state index in [2.05, 4.69) is 25.9 Å². The highest BCUT2D eigenvalue weighted by Gasteiger charge is 2.53. The third-order valence-electron chi connectivity index (χ3n) is 4.51. The molecule has 2 aliphatic rings. The summed E-state index contributed by atoms with van der Waals surface area (Å²) in [6.45, 7) is -3.86. The van der Waals surface area contributed by atoms with Crippen molar-refractivity contribution in [1.82, 2.24) is 14.5 Å². The first-order valence-electron chi connectivity index (χ1n) is 8.43. The second-order valence-electron chi connectivity index (χ2n) is 6.35. The second-order valence-corrected chi connectivity index (χ2v) is 10.9. The number of nitrogens with zero attached hydrogens (tertiary/aromatic N) is 3. The van der Waals surface area contributed by atoms with Crippen LogP contribution in [0, 0.1) is 0 Å². The van der Waals surface area contributed by atoms with Gasteiger partial charge in [-0.1, -0.05) is 15.9 Å². The standard InChI is InChI=1S/C15H16BrN4O7PS/c16-3-8(21)9(22)5-29-28(24)25-4-10-13(27-28)12(23)15(26-10)20-6-19-11-7(17)1-2-18-14(11)20/h1-2,6,10,12-13,15,23H,3-5H2,(H2,17,18)/t10-,12?,13?,15-,28?/m1/s1. The zero-order valence-corrected chi connectivity index (χ0v) is 18.0. The van der Waals surface area contributed by atoms with Crippen LogP contribution >= 0.6 is 34.1 Å². The molecule has 0 radical (unpaired) electrons. The van der Waals surface area contributed by atoms with E-state index in [1.807, 2.05) is 0 Å². The molecule has 0 bridgehead atoms. The first-order valence-corrected chi connectivity index (χ1v) is 12.7. The lowest BCUT2D eigenvalue weighted by Gasteiger charge is -2.30. The Hall–Kier alpha value is -1.34. The molecule has 14 heteroatoms. The maximum absolute atomic E-state index is 12.8. The summed E-state index contributed by atoms with van der Waals surface area (Å²) < 4.78 is 31.0. The number of hydrogen-bond donors (Lipinski definition) is 2. The van der Waals surface area contributed by atoms with E-state index in [1.54, 1.807) is 6.07 Å². The van der Waals surface area contributed by atoms with Crippen LogP contribution in [0.3, 0.4) is 0 Å². The van der Waals surface area contributed by atoms with Gasteiger partial charge >= 0.3 is 6.80 Å². The summed E-state index contributed by atoms with van der Waals surface area (Å²) in [4.78, 5) is 31.5. The van der Waals surface area contributed by atoms with Crippen molar-refractivity contribution in [2.75, 3.05) is 23.4 Å². The van der Waals surface area contributed by atoms with Crippen molar-refractivity contribution in [3.63, 3.8) is 0 Å². The van der Waals surface area contributed by atoms with E-state index in [9.17, 15) is 19.3 Å². The molecule has 4 heterocycles. The van der Waals surface area contributed by atoms with Crippen LogP contribution in [0.15, 0.2) is 18.6 Å². The van der Waals surface area contributed by atoms with Gasteiger partial charge in [-0.15, -0.1) is 0 Å². The lowest BCUT2D eigenvalue weighted by atomic mass is 10.1. The highest BCUT2D eigenvalue weighted by atomic mass is 79.9. The Labute approximate surface area is 176 Å². The van der Waals surface area contributed by atoms with Gasteiger partial charge in [0.2, 0.25) is 11.6 Å². The lowest BCUT2D eigenvalue weighted by molar-refractivity contribution is -0.133. The topological polar surface area (TPSA) is 156 Å². The normalized spacial score (nSPS) is 31.7. The number of pyridine rings is 1. The van der Waals surface area contributed by atoms with E-state index in [4.69, 9.17) is 19.5 Å².